The van der Waals surface area contributed by atoms with E-state index in [-0.39, 0.29) is 40.7 Å². The fourth-order valence-electron chi connectivity index (χ4n) is 2.27. The first-order valence-electron chi connectivity index (χ1n) is 7.91. The molecule has 1 amide bonds. The second-order valence-electron chi connectivity index (χ2n) is 5.77. The van der Waals surface area contributed by atoms with Crippen LogP contribution in [-0.2, 0) is 27.4 Å². The number of sulfone groups is 1. The molecule has 11 heteroatoms. The second kappa shape index (κ2) is 7.59. The van der Waals surface area contributed by atoms with Crippen molar-refractivity contribution < 1.29 is 31.5 Å². The summed E-state index contributed by atoms with van der Waals surface area (Å²) in [7, 11) is -3.53. The van der Waals surface area contributed by atoms with Gasteiger partial charge in [-0.05, 0) is 31.2 Å². The maximum absolute atomic E-state index is 12.6. The molecule has 0 aliphatic rings. The van der Waals surface area contributed by atoms with Crippen molar-refractivity contribution in [1.29, 1.82) is 0 Å². The third-order valence-electron chi connectivity index (χ3n) is 3.80. The summed E-state index contributed by atoms with van der Waals surface area (Å²) < 4.78 is 62.8. The van der Waals surface area contributed by atoms with Gasteiger partial charge in [-0.1, -0.05) is 6.92 Å². The lowest BCUT2D eigenvalue weighted by Gasteiger charge is -2.10. The molecule has 148 valence electrons. The number of hydrogen-bond acceptors (Lipinski definition) is 5. The van der Waals surface area contributed by atoms with Gasteiger partial charge >= 0.3 is 6.18 Å². The molecule has 0 saturated heterocycles. The first-order chi connectivity index (χ1) is 12.4. The number of hydrogen-bond donors (Lipinski definition) is 2. The number of carbonyl (C=O) groups is 1. The molecule has 0 unspecified atom stereocenters. The molecule has 1 aromatic carbocycles. The molecule has 0 aliphatic heterocycles. The quantitative estimate of drug-likeness (QED) is 0.720. The highest BCUT2D eigenvalue weighted by Crippen LogP contribution is 2.29. The zero-order chi connectivity index (χ0) is 20.4. The van der Waals surface area contributed by atoms with Crippen LogP contribution < -0.4 is 5.32 Å². The molecule has 2 rings (SSSR count). The number of aromatic nitrogens is 2. The van der Waals surface area contributed by atoms with Crippen molar-refractivity contribution >= 4 is 21.4 Å². The number of aromatic hydroxyl groups is 1. The van der Waals surface area contributed by atoms with E-state index < -0.39 is 27.6 Å². The lowest BCUT2D eigenvalue weighted by atomic mass is 10.2. The fraction of sp³-hybridized carbons (Fsp3) is 0.375. The van der Waals surface area contributed by atoms with Crippen molar-refractivity contribution in [3.63, 3.8) is 0 Å². The molecule has 2 aromatic rings. The number of anilines is 1. The number of carbonyl (C=O) groups excluding carboxylic acids is 1. The van der Waals surface area contributed by atoms with Gasteiger partial charge in [0.1, 0.15) is 5.75 Å². The van der Waals surface area contributed by atoms with E-state index in [0.29, 0.717) is 0 Å². The Bertz CT molecular complexity index is 952. The Labute approximate surface area is 153 Å². The van der Waals surface area contributed by atoms with Gasteiger partial charge in [0, 0.05) is 18.7 Å². The minimum absolute atomic E-state index is 0.0594. The monoisotopic (exact) mass is 405 g/mol. The first kappa shape index (κ1) is 20.7. The van der Waals surface area contributed by atoms with Crippen LogP contribution in [0, 0.1) is 6.92 Å². The standard InChI is InChI=1S/C16H18F3N3O4S/c1-3-27(25,26)11-4-5-13(23)12(9-11)20-15(24)6-7-22-10(2)8-14(21-22)16(17,18)19/h4-5,8-9,23H,3,6-7H2,1-2H3,(H,20,24). The average Bonchev–Trinajstić information content (AvgIpc) is 2.96. The van der Waals surface area contributed by atoms with E-state index >= 15 is 0 Å². The smallest absolute Gasteiger partial charge is 0.435 e. The van der Waals surface area contributed by atoms with Gasteiger partial charge in [0.25, 0.3) is 0 Å². The molecule has 0 fully saturated rings. The van der Waals surface area contributed by atoms with Gasteiger partial charge in [0.05, 0.1) is 16.3 Å². The predicted molar refractivity (Wildman–Crippen MR) is 91.0 cm³/mol. The number of nitrogens with zero attached hydrogens (tertiary/aromatic N) is 2. The first-order valence-corrected chi connectivity index (χ1v) is 9.56. The van der Waals surface area contributed by atoms with Crippen LogP contribution in [-0.4, -0.2) is 35.0 Å². The molecule has 0 bridgehead atoms. The number of nitrogens with one attached hydrogen (secondary N) is 1. The second-order valence-corrected chi connectivity index (χ2v) is 8.05. The molecule has 0 aliphatic carbocycles. The minimum atomic E-state index is -4.57. The number of halogens is 3. The average molecular weight is 405 g/mol. The van der Waals surface area contributed by atoms with E-state index in [4.69, 9.17) is 0 Å². The number of aryl methyl sites for hydroxylation is 2. The van der Waals surface area contributed by atoms with Crippen LogP contribution in [0.3, 0.4) is 0 Å². The summed E-state index contributed by atoms with van der Waals surface area (Å²) in [4.78, 5) is 12.0. The molecule has 1 heterocycles. The third-order valence-corrected chi connectivity index (χ3v) is 5.54. The SMILES string of the molecule is CCS(=O)(=O)c1ccc(O)c(NC(=O)CCn2nc(C(F)(F)F)cc2C)c1. The predicted octanol–water partition coefficient (Wildman–Crippen LogP) is 2.74. The number of phenols is 1. The van der Waals surface area contributed by atoms with Crippen LogP contribution >= 0.6 is 0 Å². The van der Waals surface area contributed by atoms with E-state index in [1.807, 2.05) is 0 Å². The van der Waals surface area contributed by atoms with E-state index in [9.17, 15) is 31.5 Å². The Morgan fingerprint density at radius 3 is 2.52 bits per heavy atom. The van der Waals surface area contributed by atoms with Crippen molar-refractivity contribution in [3.8, 4) is 5.75 Å². The molecular weight excluding hydrogens is 387 g/mol. The molecule has 7 nitrogen and oxygen atoms in total. The zero-order valence-electron chi connectivity index (χ0n) is 14.5. The number of benzene rings is 1. The van der Waals surface area contributed by atoms with Gasteiger partial charge in [-0.15, -0.1) is 0 Å². The van der Waals surface area contributed by atoms with E-state index in [0.717, 1.165) is 22.9 Å². The van der Waals surface area contributed by atoms with Crippen molar-refractivity contribution in [3.05, 3.63) is 35.7 Å². The summed E-state index contributed by atoms with van der Waals surface area (Å²) in [6.45, 7) is 2.79. The lowest BCUT2D eigenvalue weighted by molar-refractivity contribution is -0.141. The normalized spacial score (nSPS) is 12.2. The molecular formula is C16H18F3N3O4S. The summed E-state index contributed by atoms with van der Waals surface area (Å²) in [5, 5.41) is 15.6. The van der Waals surface area contributed by atoms with E-state index in [2.05, 4.69) is 10.4 Å². The van der Waals surface area contributed by atoms with Crippen molar-refractivity contribution in [2.75, 3.05) is 11.1 Å². The van der Waals surface area contributed by atoms with E-state index in [1.54, 1.807) is 0 Å². The molecule has 2 N–H and O–H groups in total. The molecule has 0 saturated carbocycles. The highest BCUT2D eigenvalue weighted by Gasteiger charge is 2.34. The van der Waals surface area contributed by atoms with Crippen LogP contribution in [0.15, 0.2) is 29.2 Å². The molecule has 0 radical (unpaired) electrons. The van der Waals surface area contributed by atoms with Gasteiger partial charge in [-0.25, -0.2) is 8.42 Å². The van der Waals surface area contributed by atoms with Gasteiger partial charge in [0.2, 0.25) is 5.91 Å². The van der Waals surface area contributed by atoms with Gasteiger partial charge in [-0.3, -0.25) is 9.48 Å². The summed E-state index contributed by atoms with van der Waals surface area (Å²) in [6.07, 6.45) is -4.79. The van der Waals surface area contributed by atoms with Crippen molar-refractivity contribution in [2.45, 2.75) is 37.9 Å². The Kier molecular flexibility index (Phi) is 5.83. The summed E-state index contributed by atoms with van der Waals surface area (Å²) in [5.74, 6) is -1.08. The molecule has 1 aromatic heterocycles. The summed E-state index contributed by atoms with van der Waals surface area (Å²) in [6, 6.07) is 4.37. The van der Waals surface area contributed by atoms with Crippen LogP contribution in [0.2, 0.25) is 0 Å². The largest absolute Gasteiger partial charge is 0.506 e. The van der Waals surface area contributed by atoms with Crippen LogP contribution in [0.25, 0.3) is 0 Å². The van der Waals surface area contributed by atoms with E-state index in [1.165, 1.54) is 19.9 Å². The van der Waals surface area contributed by atoms with Crippen molar-refractivity contribution in [1.82, 2.24) is 9.78 Å². The van der Waals surface area contributed by atoms with Crippen LogP contribution in [0.4, 0.5) is 18.9 Å². The topological polar surface area (TPSA) is 101 Å². The Morgan fingerprint density at radius 2 is 1.96 bits per heavy atom. The number of alkyl halides is 3. The lowest BCUT2D eigenvalue weighted by Crippen LogP contribution is -2.16. The summed E-state index contributed by atoms with van der Waals surface area (Å²) >= 11 is 0. The molecule has 0 spiro atoms. The Balaban J connectivity index is 2.09. The van der Waals surface area contributed by atoms with Crippen molar-refractivity contribution in [2.24, 2.45) is 0 Å². The van der Waals surface area contributed by atoms with Gasteiger partial charge < -0.3 is 10.4 Å². The van der Waals surface area contributed by atoms with Crippen LogP contribution in [0.5, 0.6) is 5.75 Å². The minimum Gasteiger partial charge on any atom is -0.506 e. The number of amides is 1. The summed E-state index contributed by atoms with van der Waals surface area (Å²) in [5.41, 5.74) is -0.896. The highest BCUT2D eigenvalue weighted by molar-refractivity contribution is 7.91. The molecule has 0 atom stereocenters. The maximum atomic E-state index is 12.6. The Hall–Kier alpha value is -2.56. The van der Waals surface area contributed by atoms with Crippen LogP contribution in [0.1, 0.15) is 24.7 Å². The third kappa shape index (κ3) is 5.00. The highest BCUT2D eigenvalue weighted by atomic mass is 32.2. The Morgan fingerprint density at radius 1 is 1.30 bits per heavy atom. The fourth-order valence-corrected chi connectivity index (χ4v) is 3.18. The zero-order valence-corrected chi connectivity index (χ0v) is 15.4. The van der Waals surface area contributed by atoms with Gasteiger partial charge in [0.15, 0.2) is 15.5 Å². The molecule has 27 heavy (non-hydrogen) atoms. The number of phenolic OH excluding ortho intramolecular Hbond substituents is 1. The number of rotatable bonds is 6. The van der Waals surface area contributed by atoms with Gasteiger partial charge in [-0.2, -0.15) is 18.3 Å². The maximum Gasteiger partial charge on any atom is 0.435 e.